The lowest BCUT2D eigenvalue weighted by molar-refractivity contribution is 0.342. The summed E-state index contributed by atoms with van der Waals surface area (Å²) in [6.45, 7) is 5.89. The Balaban J connectivity index is 1.87. The van der Waals surface area contributed by atoms with Gasteiger partial charge in [0.1, 0.15) is 17.2 Å². The van der Waals surface area contributed by atoms with E-state index in [1.165, 1.54) is 0 Å². The molecule has 3 rings (SSSR count). The van der Waals surface area contributed by atoms with Gasteiger partial charge in [-0.05, 0) is 38.1 Å². The average molecular weight is 372 g/mol. The molecule has 1 N–H and O–H groups in total. The second-order valence-electron chi connectivity index (χ2n) is 5.70. The maximum absolute atomic E-state index is 12.7. The maximum Gasteiger partial charge on any atom is 0.262 e. The van der Waals surface area contributed by atoms with E-state index in [0.29, 0.717) is 35.4 Å². The van der Waals surface area contributed by atoms with Crippen LogP contribution >= 0.6 is 0 Å². The second-order valence-corrected chi connectivity index (χ2v) is 7.38. The van der Waals surface area contributed by atoms with E-state index >= 15 is 0 Å². The molecule has 0 saturated carbocycles. The van der Waals surface area contributed by atoms with Gasteiger partial charge in [0, 0.05) is 12.5 Å². The Morgan fingerprint density at radius 2 is 1.77 bits per heavy atom. The third kappa shape index (κ3) is 3.72. The van der Waals surface area contributed by atoms with Crippen LogP contribution in [0.3, 0.4) is 0 Å². The summed E-state index contributed by atoms with van der Waals surface area (Å²) in [7, 11) is -3.73. The zero-order valence-corrected chi connectivity index (χ0v) is 15.6. The minimum atomic E-state index is -3.73. The van der Waals surface area contributed by atoms with E-state index in [1.54, 1.807) is 55.5 Å². The van der Waals surface area contributed by atoms with Crippen molar-refractivity contribution in [3.63, 3.8) is 0 Å². The first-order valence-electron chi connectivity index (χ1n) is 8.20. The van der Waals surface area contributed by atoms with E-state index in [9.17, 15) is 8.42 Å². The van der Waals surface area contributed by atoms with Crippen LogP contribution in [0.4, 0.5) is 5.69 Å². The van der Waals surface area contributed by atoms with Crippen molar-refractivity contribution >= 4 is 15.7 Å². The number of anilines is 1. The van der Waals surface area contributed by atoms with E-state index in [0.717, 1.165) is 5.56 Å². The van der Waals surface area contributed by atoms with Crippen molar-refractivity contribution in [3.8, 4) is 17.0 Å². The van der Waals surface area contributed by atoms with Crippen LogP contribution in [0, 0.1) is 13.8 Å². The molecule has 0 fully saturated rings. The van der Waals surface area contributed by atoms with E-state index < -0.39 is 10.0 Å². The lowest BCUT2D eigenvalue weighted by Gasteiger charge is -2.13. The topological polar surface area (TPSA) is 81.4 Å². The largest absolute Gasteiger partial charge is 0.492 e. The number of hydrogen-bond acceptors (Lipinski definition) is 5. The number of nitrogens with one attached hydrogen (secondary N) is 1. The van der Waals surface area contributed by atoms with Crippen LogP contribution < -0.4 is 9.46 Å². The van der Waals surface area contributed by atoms with Crippen molar-refractivity contribution in [3.05, 3.63) is 60.2 Å². The monoisotopic (exact) mass is 372 g/mol. The zero-order chi connectivity index (χ0) is 18.7. The summed E-state index contributed by atoms with van der Waals surface area (Å²) in [5.74, 6) is 1.76. The van der Waals surface area contributed by atoms with Gasteiger partial charge in [-0.25, -0.2) is 13.4 Å². The number of hydrogen-bond donors (Lipinski definition) is 1. The van der Waals surface area contributed by atoms with Crippen LogP contribution in [-0.4, -0.2) is 20.0 Å². The van der Waals surface area contributed by atoms with Crippen LogP contribution in [0.25, 0.3) is 11.3 Å². The molecule has 0 spiro atoms. The highest BCUT2D eigenvalue weighted by Gasteiger charge is 2.17. The van der Waals surface area contributed by atoms with E-state index in [-0.39, 0.29) is 4.90 Å². The molecular weight excluding hydrogens is 352 g/mol. The summed E-state index contributed by atoms with van der Waals surface area (Å²) in [6, 6.07) is 13.5. The van der Waals surface area contributed by atoms with Gasteiger partial charge in [-0.2, -0.15) is 0 Å². The predicted molar refractivity (Wildman–Crippen MR) is 99.8 cm³/mol. The van der Waals surface area contributed by atoms with Gasteiger partial charge >= 0.3 is 0 Å². The minimum Gasteiger partial charge on any atom is -0.492 e. The Morgan fingerprint density at radius 1 is 1.08 bits per heavy atom. The van der Waals surface area contributed by atoms with Gasteiger partial charge in [0.05, 0.1) is 17.2 Å². The molecule has 0 aliphatic carbocycles. The highest BCUT2D eigenvalue weighted by Crippen LogP contribution is 2.28. The number of para-hydroxylation sites is 2. The molecule has 136 valence electrons. The fourth-order valence-corrected chi connectivity index (χ4v) is 3.70. The molecular formula is C19H20N2O4S. The van der Waals surface area contributed by atoms with Gasteiger partial charge in [-0.3, -0.25) is 4.72 Å². The Hall–Kier alpha value is -2.80. The fraction of sp³-hybridized carbons (Fsp3) is 0.211. The van der Waals surface area contributed by atoms with Crippen LogP contribution in [-0.2, 0) is 10.0 Å². The van der Waals surface area contributed by atoms with Crippen LogP contribution in [0.2, 0.25) is 0 Å². The number of benzene rings is 2. The predicted octanol–water partition coefficient (Wildman–Crippen LogP) is 4.16. The molecule has 0 radical (unpaired) electrons. The van der Waals surface area contributed by atoms with Gasteiger partial charge in [-0.15, -0.1) is 0 Å². The van der Waals surface area contributed by atoms with Crippen LogP contribution in [0.1, 0.15) is 18.6 Å². The van der Waals surface area contributed by atoms with Gasteiger partial charge in [0.15, 0.2) is 5.89 Å². The number of aromatic nitrogens is 1. The smallest absolute Gasteiger partial charge is 0.262 e. The van der Waals surface area contributed by atoms with E-state index in [1.807, 2.05) is 13.8 Å². The zero-order valence-electron chi connectivity index (χ0n) is 14.8. The van der Waals surface area contributed by atoms with Gasteiger partial charge in [-0.1, -0.05) is 24.3 Å². The molecule has 0 aliphatic rings. The third-order valence-corrected chi connectivity index (χ3v) is 5.15. The fourth-order valence-electron chi connectivity index (χ4n) is 2.62. The molecule has 3 aromatic rings. The van der Waals surface area contributed by atoms with Crippen molar-refractivity contribution < 1.29 is 17.6 Å². The summed E-state index contributed by atoms with van der Waals surface area (Å²) < 4.78 is 38.8. The first-order chi connectivity index (χ1) is 12.4. The molecule has 1 heterocycles. The molecule has 26 heavy (non-hydrogen) atoms. The summed E-state index contributed by atoms with van der Waals surface area (Å²) in [6.07, 6.45) is 0. The first kappa shape index (κ1) is 18.0. The summed E-state index contributed by atoms with van der Waals surface area (Å²) in [4.78, 5) is 4.48. The van der Waals surface area contributed by atoms with Crippen molar-refractivity contribution in [1.82, 2.24) is 4.98 Å². The lowest BCUT2D eigenvalue weighted by atomic mass is 10.1. The molecule has 0 bridgehead atoms. The van der Waals surface area contributed by atoms with Gasteiger partial charge in [0.2, 0.25) is 0 Å². The van der Waals surface area contributed by atoms with Crippen molar-refractivity contribution in [2.24, 2.45) is 0 Å². The maximum atomic E-state index is 12.7. The minimum absolute atomic E-state index is 0.158. The van der Waals surface area contributed by atoms with Gasteiger partial charge < -0.3 is 9.15 Å². The summed E-state index contributed by atoms with van der Waals surface area (Å²) >= 11 is 0. The quantitative estimate of drug-likeness (QED) is 0.703. The van der Waals surface area contributed by atoms with Crippen LogP contribution in [0.5, 0.6) is 5.75 Å². The average Bonchev–Trinajstić information content (AvgIpc) is 2.95. The SMILES string of the molecule is CCOc1ccccc1NS(=O)(=O)c1ccc(-c2nc(C)oc2C)cc1. The number of nitrogens with zero attached hydrogens (tertiary/aromatic N) is 1. The normalized spacial score (nSPS) is 11.3. The van der Waals surface area contributed by atoms with Crippen molar-refractivity contribution in [2.75, 3.05) is 11.3 Å². The molecule has 2 aromatic carbocycles. The molecule has 0 atom stereocenters. The molecule has 0 amide bonds. The van der Waals surface area contributed by atoms with Gasteiger partial charge in [0.25, 0.3) is 10.0 Å². The molecule has 0 saturated heterocycles. The molecule has 0 aliphatic heterocycles. The number of aryl methyl sites for hydroxylation is 2. The lowest BCUT2D eigenvalue weighted by Crippen LogP contribution is -2.13. The van der Waals surface area contributed by atoms with Crippen LogP contribution in [0.15, 0.2) is 57.8 Å². The first-order valence-corrected chi connectivity index (χ1v) is 9.68. The Morgan fingerprint density at radius 3 is 2.38 bits per heavy atom. The van der Waals surface area contributed by atoms with Crippen molar-refractivity contribution in [2.45, 2.75) is 25.7 Å². The number of sulfonamides is 1. The highest BCUT2D eigenvalue weighted by atomic mass is 32.2. The second kappa shape index (κ2) is 7.21. The highest BCUT2D eigenvalue weighted by molar-refractivity contribution is 7.92. The van der Waals surface area contributed by atoms with E-state index in [2.05, 4.69) is 9.71 Å². The standard InChI is InChI=1S/C19H20N2O4S/c1-4-24-18-8-6-5-7-17(18)21-26(22,23)16-11-9-15(10-12-16)19-13(2)25-14(3)20-19/h5-12,21H,4H2,1-3H3. The number of oxazole rings is 1. The Bertz CT molecular complexity index is 1010. The molecule has 0 unspecified atom stereocenters. The number of ether oxygens (including phenoxy) is 1. The molecule has 7 heteroatoms. The Labute approximate surface area is 152 Å². The summed E-state index contributed by atoms with van der Waals surface area (Å²) in [5, 5.41) is 0. The van der Waals surface area contributed by atoms with E-state index in [4.69, 9.17) is 9.15 Å². The summed E-state index contributed by atoms with van der Waals surface area (Å²) in [5.41, 5.74) is 1.91. The molecule has 1 aromatic heterocycles. The Kier molecular flexibility index (Phi) is 4.99. The third-order valence-electron chi connectivity index (χ3n) is 3.77. The van der Waals surface area contributed by atoms with Crippen molar-refractivity contribution in [1.29, 1.82) is 0 Å². The number of rotatable bonds is 6. The molecule has 6 nitrogen and oxygen atoms in total.